The summed E-state index contributed by atoms with van der Waals surface area (Å²) in [5.41, 5.74) is 13.0. The van der Waals surface area contributed by atoms with E-state index in [2.05, 4.69) is 68.3 Å². The fourth-order valence-corrected chi connectivity index (χ4v) is 3.46. The van der Waals surface area contributed by atoms with Crippen molar-refractivity contribution in [3.63, 3.8) is 0 Å². The van der Waals surface area contributed by atoms with E-state index in [1.807, 2.05) is 6.92 Å². The molecule has 1 aromatic carbocycles. The van der Waals surface area contributed by atoms with Gasteiger partial charge in [-0.05, 0) is 70.4 Å². The summed E-state index contributed by atoms with van der Waals surface area (Å²) in [7, 11) is 0. The second kappa shape index (κ2) is 6.07. The van der Waals surface area contributed by atoms with E-state index in [0.29, 0.717) is 6.04 Å². The Labute approximate surface area is 138 Å². The maximum atomic E-state index is 10.7. The number of aryl methyl sites for hydroxylation is 1. The van der Waals surface area contributed by atoms with Crippen molar-refractivity contribution >= 4 is 23.5 Å². The number of nitrogens with zero attached hydrogens (tertiary/aromatic N) is 2. The predicted octanol–water partition coefficient (Wildman–Crippen LogP) is 3.41. The first-order valence-corrected chi connectivity index (χ1v) is 7.86. The Bertz CT molecular complexity index is 687. The minimum Gasteiger partial charge on any atom is -0.360 e. The molecule has 0 bridgehead atoms. The second-order valence-electron chi connectivity index (χ2n) is 6.90. The van der Waals surface area contributed by atoms with E-state index in [1.54, 1.807) is 6.21 Å². The van der Waals surface area contributed by atoms with Gasteiger partial charge in [-0.1, -0.05) is 6.08 Å². The van der Waals surface area contributed by atoms with Crippen LogP contribution in [-0.4, -0.2) is 23.8 Å². The SMILES string of the molecule is CC1=CC(C)(C)N(C(C)C)c2cc(C)c(/C=N\NC(N)=O)cc21. The molecule has 0 aromatic heterocycles. The number of urea groups is 1. The summed E-state index contributed by atoms with van der Waals surface area (Å²) in [6.45, 7) is 13.1. The molecule has 0 spiro atoms. The molecule has 0 radical (unpaired) electrons. The van der Waals surface area contributed by atoms with Crippen LogP contribution in [0.15, 0.2) is 23.3 Å². The first kappa shape index (κ1) is 17.1. The summed E-state index contributed by atoms with van der Waals surface area (Å²) < 4.78 is 0. The Morgan fingerprint density at radius 2 is 2.00 bits per heavy atom. The van der Waals surface area contributed by atoms with Crippen LogP contribution in [0.1, 0.15) is 51.3 Å². The lowest BCUT2D eigenvalue weighted by molar-refractivity contribution is 0.249. The van der Waals surface area contributed by atoms with Crippen molar-refractivity contribution in [2.24, 2.45) is 10.8 Å². The summed E-state index contributed by atoms with van der Waals surface area (Å²) in [5.74, 6) is 0. The maximum absolute atomic E-state index is 10.7. The van der Waals surface area contributed by atoms with Crippen LogP contribution in [0.5, 0.6) is 0 Å². The first-order chi connectivity index (χ1) is 10.6. The minimum absolute atomic E-state index is 0.0270. The lowest BCUT2D eigenvalue weighted by atomic mass is 9.86. The number of hydrazone groups is 1. The van der Waals surface area contributed by atoms with Crippen LogP contribution in [0.3, 0.4) is 0 Å². The maximum Gasteiger partial charge on any atom is 0.332 e. The molecule has 0 fully saturated rings. The molecule has 2 rings (SSSR count). The van der Waals surface area contributed by atoms with Crippen molar-refractivity contribution in [3.8, 4) is 0 Å². The van der Waals surface area contributed by atoms with Gasteiger partial charge < -0.3 is 10.6 Å². The minimum atomic E-state index is -0.666. The Balaban J connectivity index is 2.53. The number of allylic oxidation sites excluding steroid dienone is 1. The van der Waals surface area contributed by atoms with Crippen LogP contribution in [0.2, 0.25) is 0 Å². The molecule has 5 nitrogen and oxygen atoms in total. The summed E-state index contributed by atoms with van der Waals surface area (Å²) in [5, 5.41) is 3.88. The van der Waals surface area contributed by atoms with E-state index >= 15 is 0 Å². The Kier molecular flexibility index (Phi) is 4.50. The average Bonchev–Trinajstić information content (AvgIpc) is 2.38. The van der Waals surface area contributed by atoms with E-state index in [4.69, 9.17) is 5.73 Å². The van der Waals surface area contributed by atoms with Crippen LogP contribution in [0.25, 0.3) is 5.57 Å². The van der Waals surface area contributed by atoms with Gasteiger partial charge in [-0.25, -0.2) is 10.2 Å². The molecule has 1 aliphatic heterocycles. The van der Waals surface area contributed by atoms with Crippen molar-refractivity contribution in [2.45, 2.75) is 53.1 Å². The number of fused-ring (bicyclic) bond motifs is 1. The highest BCUT2D eigenvalue weighted by atomic mass is 16.2. The molecule has 1 aliphatic rings. The van der Waals surface area contributed by atoms with Gasteiger partial charge in [0.15, 0.2) is 0 Å². The highest BCUT2D eigenvalue weighted by Gasteiger charge is 2.33. The van der Waals surface area contributed by atoms with Gasteiger partial charge in [-0.15, -0.1) is 0 Å². The molecule has 2 amide bonds. The van der Waals surface area contributed by atoms with Gasteiger partial charge in [0.25, 0.3) is 0 Å². The highest BCUT2D eigenvalue weighted by Crippen LogP contribution is 2.41. The van der Waals surface area contributed by atoms with E-state index in [1.165, 1.54) is 16.8 Å². The molecular weight excluding hydrogens is 288 g/mol. The number of rotatable bonds is 3. The van der Waals surface area contributed by atoms with E-state index in [0.717, 1.165) is 11.1 Å². The van der Waals surface area contributed by atoms with Crippen molar-refractivity contribution in [2.75, 3.05) is 4.90 Å². The van der Waals surface area contributed by atoms with Gasteiger partial charge in [-0.3, -0.25) is 0 Å². The number of nitrogens with one attached hydrogen (secondary N) is 1. The Hall–Kier alpha value is -2.30. The largest absolute Gasteiger partial charge is 0.360 e. The number of hydrogen-bond acceptors (Lipinski definition) is 3. The fraction of sp³-hybridized carbons (Fsp3) is 0.444. The van der Waals surface area contributed by atoms with Crippen molar-refractivity contribution in [1.82, 2.24) is 5.43 Å². The van der Waals surface area contributed by atoms with Gasteiger partial charge in [0.2, 0.25) is 0 Å². The van der Waals surface area contributed by atoms with Gasteiger partial charge in [-0.2, -0.15) is 5.10 Å². The number of primary amides is 1. The molecule has 23 heavy (non-hydrogen) atoms. The molecule has 124 valence electrons. The third-order valence-electron chi connectivity index (χ3n) is 4.15. The van der Waals surface area contributed by atoms with Crippen LogP contribution in [0.4, 0.5) is 10.5 Å². The van der Waals surface area contributed by atoms with E-state index in [9.17, 15) is 4.79 Å². The number of benzene rings is 1. The standard InChI is InChI=1S/C18H26N4O/c1-11(2)22-16-7-12(3)14(10-20-21-17(19)23)8-15(16)13(4)9-18(22,5)6/h7-11H,1-6H3,(H3,19,21,23)/b20-10-. The van der Waals surface area contributed by atoms with Crippen molar-refractivity contribution < 1.29 is 4.79 Å². The molecule has 3 N–H and O–H groups in total. The van der Waals surface area contributed by atoms with Gasteiger partial charge in [0, 0.05) is 17.3 Å². The third-order valence-corrected chi connectivity index (χ3v) is 4.15. The zero-order valence-corrected chi connectivity index (χ0v) is 14.8. The fourth-order valence-electron chi connectivity index (χ4n) is 3.46. The summed E-state index contributed by atoms with van der Waals surface area (Å²) in [6, 6.07) is 4.04. The smallest absolute Gasteiger partial charge is 0.332 e. The van der Waals surface area contributed by atoms with Gasteiger partial charge in [0.1, 0.15) is 0 Å². The normalized spacial score (nSPS) is 16.5. The van der Waals surface area contributed by atoms with E-state index < -0.39 is 6.03 Å². The molecule has 0 atom stereocenters. The lowest BCUT2D eigenvalue weighted by Crippen LogP contribution is -2.49. The molecular formula is C18H26N4O. The lowest BCUT2D eigenvalue weighted by Gasteiger charge is -2.46. The molecule has 0 saturated heterocycles. The van der Waals surface area contributed by atoms with Crippen molar-refractivity contribution in [3.05, 3.63) is 34.9 Å². The Morgan fingerprint density at radius 3 is 2.57 bits per heavy atom. The third kappa shape index (κ3) is 3.38. The highest BCUT2D eigenvalue weighted by molar-refractivity contribution is 5.90. The van der Waals surface area contributed by atoms with Crippen molar-refractivity contribution in [1.29, 1.82) is 0 Å². The molecule has 0 saturated carbocycles. The number of amides is 2. The second-order valence-corrected chi connectivity index (χ2v) is 6.90. The molecule has 0 unspecified atom stereocenters. The predicted molar refractivity (Wildman–Crippen MR) is 96.8 cm³/mol. The van der Waals surface area contributed by atoms with Crippen LogP contribution < -0.4 is 16.1 Å². The summed E-state index contributed by atoms with van der Waals surface area (Å²) in [4.78, 5) is 13.2. The number of hydrogen-bond donors (Lipinski definition) is 2. The van der Waals surface area contributed by atoms with Crippen LogP contribution >= 0.6 is 0 Å². The molecule has 1 heterocycles. The van der Waals surface area contributed by atoms with Gasteiger partial charge in [0.05, 0.1) is 11.8 Å². The molecule has 1 aromatic rings. The quantitative estimate of drug-likeness (QED) is 0.663. The molecule has 0 aliphatic carbocycles. The van der Waals surface area contributed by atoms with E-state index in [-0.39, 0.29) is 5.54 Å². The number of anilines is 1. The summed E-state index contributed by atoms with van der Waals surface area (Å²) >= 11 is 0. The molecule has 5 heteroatoms. The average molecular weight is 314 g/mol. The summed E-state index contributed by atoms with van der Waals surface area (Å²) in [6.07, 6.45) is 3.93. The zero-order chi connectivity index (χ0) is 17.4. The van der Waals surface area contributed by atoms with Crippen LogP contribution in [0, 0.1) is 6.92 Å². The number of nitrogens with two attached hydrogens (primary N) is 1. The Morgan fingerprint density at radius 1 is 1.35 bits per heavy atom. The number of carbonyl (C=O) groups excluding carboxylic acids is 1. The van der Waals surface area contributed by atoms with Gasteiger partial charge >= 0.3 is 6.03 Å². The monoisotopic (exact) mass is 314 g/mol. The number of carbonyl (C=O) groups is 1. The topological polar surface area (TPSA) is 70.7 Å². The zero-order valence-electron chi connectivity index (χ0n) is 14.8. The van der Waals surface area contributed by atoms with Crippen LogP contribution in [-0.2, 0) is 0 Å². The first-order valence-electron chi connectivity index (χ1n) is 7.86.